The highest BCUT2D eigenvalue weighted by molar-refractivity contribution is 5.87. The standard InChI is InChI=1S/C37H42N4O9/c1-21(36(44)40-14-16-41(17-15-40)37(45)32-20-49-29-8-6-7-9-30(29)50-32)38-27-13-11-24-25(19-28(27)43)26(39-22(2)42)12-10-23-18-31(46-3)34(47-4)35(48-5)33(23)24/h6-9,11,13,18-19,21,26,32H,10,12,14-17,20H2,1-5H3,(H,38,43)(H,39,42)/t21-,26-,32+/m0/s1. The number of nitrogens with zero attached hydrogens (tertiary/aromatic N) is 2. The minimum absolute atomic E-state index is 0.122. The lowest BCUT2D eigenvalue weighted by Crippen LogP contribution is -2.56. The van der Waals surface area contributed by atoms with Crippen molar-refractivity contribution in [2.24, 2.45) is 0 Å². The minimum Gasteiger partial charge on any atom is -0.493 e. The number of fused-ring (bicyclic) bond motifs is 4. The summed E-state index contributed by atoms with van der Waals surface area (Å²) in [6.07, 6.45) is 0.354. The van der Waals surface area contributed by atoms with Gasteiger partial charge in [0.2, 0.25) is 29.1 Å². The molecule has 0 bridgehead atoms. The van der Waals surface area contributed by atoms with Crippen molar-refractivity contribution in [3.63, 3.8) is 0 Å². The Morgan fingerprint density at radius 3 is 2.28 bits per heavy atom. The van der Waals surface area contributed by atoms with E-state index >= 15 is 0 Å². The molecule has 3 amide bonds. The summed E-state index contributed by atoms with van der Waals surface area (Å²) in [6, 6.07) is 12.9. The van der Waals surface area contributed by atoms with Gasteiger partial charge in [-0.15, -0.1) is 0 Å². The normalized spacial score (nSPS) is 18.4. The Morgan fingerprint density at radius 1 is 0.900 bits per heavy atom. The van der Waals surface area contributed by atoms with Crippen molar-refractivity contribution >= 4 is 23.4 Å². The third-order valence-corrected chi connectivity index (χ3v) is 9.35. The van der Waals surface area contributed by atoms with Crippen LogP contribution in [-0.2, 0) is 20.8 Å². The molecule has 0 unspecified atom stereocenters. The van der Waals surface area contributed by atoms with Crippen molar-refractivity contribution in [3.05, 3.63) is 69.9 Å². The fourth-order valence-electron chi connectivity index (χ4n) is 6.89. The molecule has 0 radical (unpaired) electrons. The number of carbonyl (C=O) groups excluding carboxylic acids is 3. The highest BCUT2D eigenvalue weighted by atomic mass is 16.6. The maximum Gasteiger partial charge on any atom is 0.267 e. The SMILES string of the molecule is COc1cc2c(c(OC)c1OC)-c1ccc(N[C@@H](C)C(=O)N3CCN(C(=O)[C@H]4COc5ccccc5O4)CC3)c(=O)cc1[C@@H](NC(C)=O)CC2. The number of ether oxygens (including phenoxy) is 5. The van der Waals surface area contributed by atoms with Gasteiger partial charge in [-0.05, 0) is 66.8 Å². The van der Waals surface area contributed by atoms with Gasteiger partial charge < -0.3 is 44.1 Å². The largest absolute Gasteiger partial charge is 0.493 e. The zero-order chi connectivity index (χ0) is 35.5. The average molecular weight is 687 g/mol. The van der Waals surface area contributed by atoms with Crippen molar-refractivity contribution in [1.82, 2.24) is 15.1 Å². The molecule has 1 fully saturated rings. The van der Waals surface area contributed by atoms with E-state index in [1.165, 1.54) is 20.1 Å². The molecule has 0 aromatic heterocycles. The highest BCUT2D eigenvalue weighted by Gasteiger charge is 2.35. The number of piperazine rings is 1. The molecule has 1 aliphatic carbocycles. The van der Waals surface area contributed by atoms with E-state index in [1.807, 2.05) is 24.3 Å². The second kappa shape index (κ2) is 14.6. The van der Waals surface area contributed by atoms with Gasteiger partial charge in [0.05, 0.1) is 33.1 Å². The first kappa shape index (κ1) is 34.4. The van der Waals surface area contributed by atoms with E-state index in [0.717, 1.165) is 11.1 Å². The second-order valence-corrected chi connectivity index (χ2v) is 12.5. The smallest absolute Gasteiger partial charge is 0.267 e. The van der Waals surface area contributed by atoms with Gasteiger partial charge in [0.25, 0.3) is 5.91 Å². The van der Waals surface area contributed by atoms with Crippen molar-refractivity contribution in [2.75, 3.05) is 59.4 Å². The van der Waals surface area contributed by atoms with Crippen LogP contribution in [0.3, 0.4) is 0 Å². The molecule has 6 rings (SSSR count). The third kappa shape index (κ3) is 6.72. The molecular weight excluding hydrogens is 644 g/mol. The van der Waals surface area contributed by atoms with E-state index in [2.05, 4.69) is 10.6 Å². The van der Waals surface area contributed by atoms with Crippen LogP contribution >= 0.6 is 0 Å². The number of aryl methyl sites for hydroxylation is 1. The Hall–Kier alpha value is -5.46. The summed E-state index contributed by atoms with van der Waals surface area (Å²) in [7, 11) is 4.63. The van der Waals surface area contributed by atoms with Gasteiger partial charge in [-0.2, -0.15) is 0 Å². The molecule has 1 saturated heterocycles. The predicted octanol–water partition coefficient (Wildman–Crippen LogP) is 3.17. The van der Waals surface area contributed by atoms with Crippen molar-refractivity contribution in [2.45, 2.75) is 44.9 Å². The predicted molar refractivity (Wildman–Crippen MR) is 185 cm³/mol. The monoisotopic (exact) mass is 686 g/mol. The van der Waals surface area contributed by atoms with E-state index in [9.17, 15) is 19.2 Å². The minimum atomic E-state index is -0.752. The number of benzene rings is 2. The molecule has 3 aliphatic rings. The van der Waals surface area contributed by atoms with Crippen molar-refractivity contribution < 1.29 is 38.1 Å². The first-order valence-corrected chi connectivity index (χ1v) is 16.6. The third-order valence-electron chi connectivity index (χ3n) is 9.35. The Kier molecular flexibility index (Phi) is 10.0. The number of hydrogen-bond acceptors (Lipinski definition) is 10. The van der Waals surface area contributed by atoms with E-state index in [1.54, 1.807) is 49.1 Å². The molecule has 0 spiro atoms. The molecular formula is C37H42N4O9. The molecule has 3 aromatic carbocycles. The molecule has 3 atom stereocenters. The summed E-state index contributed by atoms with van der Waals surface area (Å²) in [5.41, 5.74) is 2.85. The highest BCUT2D eigenvalue weighted by Crippen LogP contribution is 2.50. The van der Waals surface area contributed by atoms with Gasteiger partial charge in [-0.1, -0.05) is 18.2 Å². The summed E-state index contributed by atoms with van der Waals surface area (Å²) in [5, 5.41) is 6.13. The van der Waals surface area contributed by atoms with Crippen LogP contribution in [0.4, 0.5) is 5.69 Å². The zero-order valence-electron chi connectivity index (χ0n) is 28.9. The van der Waals surface area contributed by atoms with E-state index in [-0.39, 0.29) is 35.4 Å². The van der Waals surface area contributed by atoms with Crippen LogP contribution in [0, 0.1) is 0 Å². The summed E-state index contributed by atoms with van der Waals surface area (Å²) >= 11 is 0. The number of amides is 3. The lowest BCUT2D eigenvalue weighted by molar-refractivity contribution is -0.146. The molecule has 2 heterocycles. The van der Waals surface area contributed by atoms with Crippen molar-refractivity contribution in [1.29, 1.82) is 0 Å². The number of hydrogen-bond donors (Lipinski definition) is 2. The van der Waals surface area contributed by atoms with Gasteiger partial charge in [-0.25, -0.2) is 0 Å². The topological polar surface area (TPSA) is 145 Å². The molecule has 2 aliphatic heterocycles. The number of para-hydroxylation sites is 2. The molecule has 0 saturated carbocycles. The van der Waals surface area contributed by atoms with Gasteiger partial charge in [0, 0.05) is 38.7 Å². The van der Waals surface area contributed by atoms with Crippen LogP contribution < -0.4 is 39.7 Å². The fourth-order valence-corrected chi connectivity index (χ4v) is 6.89. The first-order chi connectivity index (χ1) is 24.1. The van der Waals surface area contributed by atoms with Gasteiger partial charge in [0.1, 0.15) is 12.6 Å². The lowest BCUT2D eigenvalue weighted by Gasteiger charge is -2.38. The van der Waals surface area contributed by atoms with Crippen LogP contribution in [0.15, 0.2) is 53.3 Å². The van der Waals surface area contributed by atoms with E-state index in [4.69, 9.17) is 23.7 Å². The Labute approximate surface area is 290 Å². The molecule has 13 heteroatoms. The summed E-state index contributed by atoms with van der Waals surface area (Å²) in [5.74, 6) is 1.90. The average Bonchev–Trinajstić information content (AvgIpc) is 3.37. The first-order valence-electron chi connectivity index (χ1n) is 16.6. The summed E-state index contributed by atoms with van der Waals surface area (Å²) in [6.45, 7) is 4.63. The number of anilines is 1. The molecule has 264 valence electrons. The van der Waals surface area contributed by atoms with E-state index in [0.29, 0.717) is 78.9 Å². The van der Waals surface area contributed by atoms with Crippen LogP contribution in [0.5, 0.6) is 28.7 Å². The zero-order valence-corrected chi connectivity index (χ0v) is 28.9. The Morgan fingerprint density at radius 2 is 1.60 bits per heavy atom. The second-order valence-electron chi connectivity index (χ2n) is 12.5. The number of rotatable bonds is 8. The Bertz CT molecular complexity index is 1860. The molecule has 50 heavy (non-hydrogen) atoms. The van der Waals surface area contributed by atoms with Crippen LogP contribution in [0.1, 0.15) is 37.4 Å². The van der Waals surface area contributed by atoms with Crippen LogP contribution in [0.25, 0.3) is 11.1 Å². The number of carbonyl (C=O) groups is 3. The van der Waals surface area contributed by atoms with E-state index < -0.39 is 18.2 Å². The van der Waals surface area contributed by atoms with Crippen molar-refractivity contribution in [3.8, 4) is 39.9 Å². The molecule has 13 nitrogen and oxygen atoms in total. The summed E-state index contributed by atoms with van der Waals surface area (Å²) in [4.78, 5) is 56.2. The van der Waals surface area contributed by atoms with Gasteiger partial charge in [-0.3, -0.25) is 19.2 Å². The quantitative estimate of drug-likeness (QED) is 0.363. The number of nitrogens with one attached hydrogen (secondary N) is 2. The van der Waals surface area contributed by atoms with Crippen LogP contribution in [-0.4, -0.2) is 93.8 Å². The number of methoxy groups -OCH3 is 3. The molecule has 2 N–H and O–H groups in total. The maximum absolute atomic E-state index is 13.8. The van der Waals surface area contributed by atoms with Crippen LogP contribution in [0.2, 0.25) is 0 Å². The maximum atomic E-state index is 13.8. The molecule has 3 aromatic rings. The van der Waals surface area contributed by atoms with Gasteiger partial charge in [0.15, 0.2) is 23.0 Å². The Balaban J connectivity index is 1.21. The lowest BCUT2D eigenvalue weighted by atomic mass is 9.95. The summed E-state index contributed by atoms with van der Waals surface area (Å²) < 4.78 is 28.7. The fraction of sp³-hybridized carbons (Fsp3) is 0.405. The van der Waals surface area contributed by atoms with Gasteiger partial charge >= 0.3 is 0 Å².